The van der Waals surface area contributed by atoms with Gasteiger partial charge < -0.3 is 9.84 Å². The molecule has 11 nitrogen and oxygen atoms in total. The van der Waals surface area contributed by atoms with E-state index >= 15 is 4.79 Å². The van der Waals surface area contributed by atoms with E-state index in [2.05, 4.69) is 10.4 Å². The van der Waals surface area contributed by atoms with Crippen LogP contribution in [0.2, 0.25) is 10.0 Å². The lowest BCUT2D eigenvalue weighted by molar-refractivity contribution is -0.140. The maximum Gasteiger partial charge on any atom is 0.423 e. The monoisotopic (exact) mass is 728 g/mol. The SMILES string of the molecule is COC(=O)N1C(=O)[C@H]2[C@H](CC=C3[C@H]2C[C@H]2C(=O)N(Nc4ncc(C(F)(F)F)cc4Cl)C(=O)[C@@]2(c2ccc(Cl)cc2)[C@H]3c2ccc(O)cc2)C1=O. The Balaban J connectivity index is 1.42. The fourth-order valence-electron chi connectivity index (χ4n) is 8.10. The van der Waals surface area contributed by atoms with Crippen LogP contribution in [0.15, 0.2) is 72.4 Å². The van der Waals surface area contributed by atoms with Crippen molar-refractivity contribution in [3.63, 3.8) is 0 Å². The average Bonchev–Trinajstić information content (AvgIpc) is 3.46. The maximum atomic E-state index is 15.0. The normalized spacial score (nSPS) is 27.5. The van der Waals surface area contributed by atoms with Crippen LogP contribution in [0.5, 0.6) is 5.75 Å². The highest BCUT2D eigenvalue weighted by Gasteiger charge is 2.70. The van der Waals surface area contributed by atoms with E-state index in [-0.39, 0.29) is 18.6 Å². The van der Waals surface area contributed by atoms with E-state index in [9.17, 15) is 37.5 Å². The van der Waals surface area contributed by atoms with Gasteiger partial charge in [-0.2, -0.15) is 23.1 Å². The molecule has 2 aliphatic heterocycles. The fourth-order valence-corrected chi connectivity index (χ4v) is 8.43. The van der Waals surface area contributed by atoms with Crippen LogP contribution in [0.1, 0.15) is 35.4 Å². The standard InChI is InChI=1S/C34H25Cl2F3N4O7/c1-50-32(49)42-28(45)21-11-10-20-22(25(21)30(42)47)13-23-29(46)43(41-27-24(36)12-17(14-40-27)34(37,38)39)31(48)33(23,16-4-6-18(35)7-5-16)26(20)15-2-8-19(44)9-3-15/h2-10,12,14,21-23,25-26,44H,11,13H2,1H3,(H,40,41)/t21-,22+,23-,25-,26-,33+/m0/s1. The Hall–Kier alpha value is -4.95. The van der Waals surface area contributed by atoms with Gasteiger partial charge in [-0.1, -0.05) is 59.1 Å². The number of imide groups is 4. The lowest BCUT2D eigenvalue weighted by atomic mass is 9.49. The highest BCUT2D eigenvalue weighted by Crippen LogP contribution is 2.64. The topological polar surface area (TPSA) is 146 Å². The summed E-state index contributed by atoms with van der Waals surface area (Å²) in [7, 11) is 1.04. The number of anilines is 1. The zero-order valence-corrected chi connectivity index (χ0v) is 27.3. The number of methoxy groups -OCH3 is 1. The Labute approximate surface area is 291 Å². The summed E-state index contributed by atoms with van der Waals surface area (Å²) in [5.41, 5.74) is 1.07. The molecule has 258 valence electrons. The second-order valence-corrected chi connectivity index (χ2v) is 13.3. The molecule has 2 aromatic carbocycles. The number of benzene rings is 2. The number of ether oxygens (including phenoxy) is 1. The molecule has 0 spiro atoms. The summed E-state index contributed by atoms with van der Waals surface area (Å²) < 4.78 is 44.8. The minimum atomic E-state index is -4.76. The Morgan fingerprint density at radius 2 is 1.68 bits per heavy atom. The number of hydrazine groups is 1. The number of nitrogens with one attached hydrogen (secondary N) is 1. The van der Waals surface area contributed by atoms with Crippen molar-refractivity contribution >= 4 is 58.7 Å². The van der Waals surface area contributed by atoms with Gasteiger partial charge in [0.2, 0.25) is 11.8 Å². The van der Waals surface area contributed by atoms with Crippen LogP contribution in [0.4, 0.5) is 23.8 Å². The largest absolute Gasteiger partial charge is 0.508 e. The summed E-state index contributed by atoms with van der Waals surface area (Å²) >= 11 is 12.4. The molecule has 2 saturated heterocycles. The van der Waals surface area contributed by atoms with Gasteiger partial charge in [-0.25, -0.2) is 9.78 Å². The second kappa shape index (κ2) is 11.8. The molecule has 1 aromatic heterocycles. The summed E-state index contributed by atoms with van der Waals surface area (Å²) in [6.45, 7) is 0. The van der Waals surface area contributed by atoms with Gasteiger partial charge in [-0.05, 0) is 60.2 Å². The maximum absolute atomic E-state index is 15.0. The molecule has 0 bridgehead atoms. The third-order valence-corrected chi connectivity index (χ3v) is 10.7. The highest BCUT2D eigenvalue weighted by molar-refractivity contribution is 6.33. The van der Waals surface area contributed by atoms with E-state index in [0.717, 1.165) is 7.11 Å². The van der Waals surface area contributed by atoms with E-state index in [1.54, 1.807) is 42.5 Å². The first-order valence-corrected chi connectivity index (χ1v) is 16.0. The molecule has 3 aromatic rings. The summed E-state index contributed by atoms with van der Waals surface area (Å²) in [5.74, 6) is -8.63. The van der Waals surface area contributed by atoms with Crippen molar-refractivity contribution in [3.8, 4) is 5.75 Å². The lowest BCUT2D eigenvalue weighted by Crippen LogP contribution is -2.53. The average molecular weight is 729 g/mol. The number of aromatic hydroxyl groups is 1. The van der Waals surface area contributed by atoms with E-state index in [1.165, 1.54) is 12.1 Å². The zero-order valence-electron chi connectivity index (χ0n) is 25.8. The first-order valence-electron chi connectivity index (χ1n) is 15.3. The van der Waals surface area contributed by atoms with E-state index in [4.69, 9.17) is 27.9 Å². The van der Waals surface area contributed by atoms with Crippen LogP contribution >= 0.6 is 23.2 Å². The van der Waals surface area contributed by atoms with Gasteiger partial charge in [0.05, 0.1) is 40.9 Å². The Kier molecular flexibility index (Phi) is 7.94. The summed E-state index contributed by atoms with van der Waals surface area (Å²) in [6, 6.07) is 12.9. The number of rotatable bonds is 4. The number of nitrogens with zero attached hydrogens (tertiary/aromatic N) is 3. The predicted molar refractivity (Wildman–Crippen MR) is 169 cm³/mol. The van der Waals surface area contributed by atoms with Gasteiger partial charge in [-0.15, -0.1) is 0 Å². The molecule has 7 rings (SSSR count). The van der Waals surface area contributed by atoms with E-state index < -0.39 is 87.3 Å². The number of phenolic OH excluding ortho intramolecular Hbond substituents is 1. The number of hydrogen-bond donors (Lipinski definition) is 2. The second-order valence-electron chi connectivity index (χ2n) is 12.5. The minimum absolute atomic E-state index is 0.0414. The van der Waals surface area contributed by atoms with Crippen LogP contribution in [0.3, 0.4) is 0 Å². The van der Waals surface area contributed by atoms with Crippen LogP contribution in [-0.4, -0.2) is 56.8 Å². The third-order valence-electron chi connectivity index (χ3n) is 10.1. The number of amides is 5. The van der Waals surface area contributed by atoms with Crippen molar-refractivity contribution in [1.82, 2.24) is 14.9 Å². The quantitative estimate of drug-likeness (QED) is 0.249. The third kappa shape index (κ3) is 4.87. The van der Waals surface area contributed by atoms with Crippen LogP contribution in [0, 0.1) is 23.7 Å². The van der Waals surface area contributed by atoms with Crippen LogP contribution < -0.4 is 5.43 Å². The molecule has 16 heteroatoms. The van der Waals surface area contributed by atoms with Crippen molar-refractivity contribution in [3.05, 3.63) is 99.2 Å². The number of pyridine rings is 1. The smallest absolute Gasteiger partial charge is 0.423 e. The number of halogens is 5. The first-order chi connectivity index (χ1) is 23.7. The van der Waals surface area contributed by atoms with Crippen LogP contribution in [-0.2, 0) is 35.5 Å². The fraction of sp³-hybridized carbons (Fsp3) is 0.294. The molecule has 0 radical (unpaired) electrons. The van der Waals surface area contributed by atoms with Gasteiger partial charge in [-0.3, -0.25) is 24.6 Å². The molecule has 3 fully saturated rings. The van der Waals surface area contributed by atoms with Gasteiger partial charge in [0.25, 0.3) is 11.8 Å². The Bertz CT molecular complexity index is 2010. The van der Waals surface area contributed by atoms with Gasteiger partial charge in [0.1, 0.15) is 5.75 Å². The number of hydrogen-bond acceptors (Lipinski definition) is 9. The molecule has 5 amide bonds. The summed E-state index contributed by atoms with van der Waals surface area (Å²) in [6.07, 6.45) is -3.72. The number of allylic oxidation sites excluding steroid dienone is 2. The highest BCUT2D eigenvalue weighted by atomic mass is 35.5. The molecule has 50 heavy (non-hydrogen) atoms. The number of alkyl halides is 3. The number of fused-ring (bicyclic) bond motifs is 4. The summed E-state index contributed by atoms with van der Waals surface area (Å²) in [4.78, 5) is 73.5. The molecule has 3 heterocycles. The summed E-state index contributed by atoms with van der Waals surface area (Å²) in [5, 5.41) is 10.7. The van der Waals surface area contributed by atoms with Crippen molar-refractivity contribution < 1.29 is 47.0 Å². The number of carbonyl (C=O) groups excluding carboxylic acids is 5. The van der Waals surface area contributed by atoms with E-state index in [1.807, 2.05) is 0 Å². The van der Waals surface area contributed by atoms with Crippen molar-refractivity contribution in [2.75, 3.05) is 12.5 Å². The predicted octanol–water partition coefficient (Wildman–Crippen LogP) is 5.86. The van der Waals surface area contributed by atoms with E-state index in [0.29, 0.717) is 43.9 Å². The molecule has 2 aliphatic carbocycles. The first kappa shape index (κ1) is 33.5. The van der Waals surface area contributed by atoms with Gasteiger partial charge in [0.15, 0.2) is 5.82 Å². The van der Waals surface area contributed by atoms with Crippen molar-refractivity contribution in [2.24, 2.45) is 23.7 Å². The molecule has 1 saturated carbocycles. The Morgan fingerprint density at radius 3 is 2.30 bits per heavy atom. The molecule has 0 unspecified atom stereocenters. The lowest BCUT2D eigenvalue weighted by Gasteiger charge is -2.50. The molecular formula is C34H25Cl2F3N4O7. The number of carbonyl (C=O) groups is 5. The number of likely N-dealkylation sites (tertiary alicyclic amines) is 1. The van der Waals surface area contributed by atoms with Gasteiger partial charge >= 0.3 is 12.3 Å². The van der Waals surface area contributed by atoms with Crippen molar-refractivity contribution in [2.45, 2.75) is 30.4 Å². The molecular weight excluding hydrogens is 704 g/mol. The van der Waals surface area contributed by atoms with Crippen LogP contribution in [0.25, 0.3) is 0 Å². The Morgan fingerprint density at radius 1 is 1.00 bits per heavy atom. The molecule has 4 aliphatic rings. The number of aromatic nitrogens is 1. The molecule has 6 atom stereocenters. The number of phenols is 1. The molecule has 2 N–H and O–H groups in total. The zero-order chi connectivity index (χ0) is 35.9. The van der Waals surface area contributed by atoms with Gasteiger partial charge in [0, 0.05) is 17.1 Å². The van der Waals surface area contributed by atoms with Crippen molar-refractivity contribution in [1.29, 1.82) is 0 Å². The minimum Gasteiger partial charge on any atom is -0.508 e.